The number of aryl methyl sites for hydroxylation is 1. The lowest BCUT2D eigenvalue weighted by atomic mass is 10.1. The van der Waals surface area contributed by atoms with Crippen molar-refractivity contribution < 1.29 is 28.9 Å². The zero-order valence-corrected chi connectivity index (χ0v) is 13.4. The highest BCUT2D eigenvalue weighted by atomic mass is 16.6. The highest BCUT2D eigenvalue weighted by molar-refractivity contribution is 6.11. The summed E-state index contributed by atoms with van der Waals surface area (Å²) in [6.07, 6.45) is 0. The number of carbonyl (C=O) groups excluding carboxylic acids is 2. The Morgan fingerprint density at radius 2 is 1.88 bits per heavy atom. The van der Waals surface area contributed by atoms with E-state index in [4.69, 9.17) is 9.47 Å². The number of nitro groups is 2. The van der Waals surface area contributed by atoms with Crippen molar-refractivity contribution in [3.05, 3.63) is 37.6 Å². The number of fused-ring (bicyclic) bond motifs is 1. The fourth-order valence-corrected chi connectivity index (χ4v) is 2.45. The Kier molecular flexibility index (Phi) is 4.68. The first-order valence-electron chi connectivity index (χ1n) is 7.02. The number of aromatic amines is 1. The van der Waals surface area contributed by atoms with Crippen molar-refractivity contribution in [1.82, 2.24) is 4.98 Å². The number of hydrogen-bond acceptors (Lipinski definition) is 8. The second-order valence-electron chi connectivity index (χ2n) is 4.95. The summed E-state index contributed by atoms with van der Waals surface area (Å²) in [4.78, 5) is 47.1. The third-order valence-electron chi connectivity index (χ3n) is 3.29. The first-order valence-corrected chi connectivity index (χ1v) is 7.02. The fraction of sp³-hybridized carbons (Fsp3) is 0.286. The van der Waals surface area contributed by atoms with Crippen molar-refractivity contribution >= 4 is 34.2 Å². The number of rotatable bonds is 5. The number of carbonyl (C=O) groups is 2. The number of nitrogens with zero attached hydrogens (tertiary/aromatic N) is 2. The van der Waals surface area contributed by atoms with Gasteiger partial charge in [0.15, 0.2) is 0 Å². The molecule has 25 heavy (non-hydrogen) atoms. The summed E-state index contributed by atoms with van der Waals surface area (Å²) in [7, 11) is 0. The van der Waals surface area contributed by atoms with Crippen molar-refractivity contribution in [2.75, 3.05) is 6.61 Å². The van der Waals surface area contributed by atoms with E-state index in [1.165, 1.54) is 6.92 Å². The monoisotopic (exact) mass is 351 g/mol. The van der Waals surface area contributed by atoms with Crippen LogP contribution in [0.3, 0.4) is 0 Å². The van der Waals surface area contributed by atoms with E-state index >= 15 is 0 Å². The number of hydrogen-bond donors (Lipinski definition) is 1. The molecule has 1 aromatic carbocycles. The van der Waals surface area contributed by atoms with E-state index in [0.717, 1.165) is 13.0 Å². The molecule has 0 saturated heterocycles. The Morgan fingerprint density at radius 1 is 1.24 bits per heavy atom. The van der Waals surface area contributed by atoms with Gasteiger partial charge in [-0.05, 0) is 13.8 Å². The van der Waals surface area contributed by atoms with Crippen LogP contribution in [0.4, 0.5) is 11.4 Å². The van der Waals surface area contributed by atoms with E-state index in [9.17, 15) is 29.8 Å². The number of ether oxygens (including phenoxy) is 2. The van der Waals surface area contributed by atoms with Crippen LogP contribution in [-0.2, 0) is 9.53 Å². The lowest BCUT2D eigenvalue weighted by Gasteiger charge is -2.06. The van der Waals surface area contributed by atoms with Gasteiger partial charge in [-0.25, -0.2) is 4.79 Å². The topological polar surface area (TPSA) is 155 Å². The van der Waals surface area contributed by atoms with Gasteiger partial charge in [-0.1, -0.05) is 0 Å². The standard InChI is InChI=1S/C14H13N3O8/c1-4-24-14(19)10-6(2)15-8-5-9(16(20)21)13(25-7(3)18)12(11(8)10)17(22)23/h5,15H,4H2,1-3H3. The average molecular weight is 351 g/mol. The summed E-state index contributed by atoms with van der Waals surface area (Å²) in [5.41, 5.74) is -1.56. The Hall–Kier alpha value is -3.50. The van der Waals surface area contributed by atoms with Crippen LogP contribution < -0.4 is 4.74 Å². The third-order valence-corrected chi connectivity index (χ3v) is 3.29. The van der Waals surface area contributed by atoms with Gasteiger partial charge in [0.25, 0.3) is 5.75 Å². The van der Waals surface area contributed by atoms with Gasteiger partial charge in [-0.3, -0.25) is 25.0 Å². The lowest BCUT2D eigenvalue weighted by molar-refractivity contribution is -0.394. The Balaban J connectivity index is 2.99. The number of benzene rings is 1. The number of nitrogens with one attached hydrogen (secondary N) is 1. The molecule has 0 aliphatic rings. The normalized spacial score (nSPS) is 10.5. The molecule has 1 heterocycles. The number of esters is 2. The van der Waals surface area contributed by atoms with Crippen LogP contribution in [0.5, 0.6) is 5.75 Å². The van der Waals surface area contributed by atoms with Crippen LogP contribution in [0, 0.1) is 27.2 Å². The van der Waals surface area contributed by atoms with Crippen LogP contribution in [0.15, 0.2) is 6.07 Å². The summed E-state index contributed by atoms with van der Waals surface area (Å²) in [5.74, 6) is -2.65. The molecule has 1 aromatic heterocycles. The molecule has 0 unspecified atom stereocenters. The highest BCUT2D eigenvalue weighted by Gasteiger charge is 2.36. The van der Waals surface area contributed by atoms with Crippen LogP contribution in [-0.4, -0.2) is 33.4 Å². The Morgan fingerprint density at radius 3 is 2.36 bits per heavy atom. The van der Waals surface area contributed by atoms with Crippen LogP contribution in [0.25, 0.3) is 10.9 Å². The summed E-state index contributed by atoms with van der Waals surface area (Å²) in [6.45, 7) is 4.01. The molecule has 132 valence electrons. The van der Waals surface area contributed by atoms with Crippen LogP contribution in [0.2, 0.25) is 0 Å². The maximum atomic E-state index is 12.2. The second kappa shape index (κ2) is 6.55. The minimum absolute atomic E-state index is 0.0187. The van der Waals surface area contributed by atoms with Gasteiger partial charge < -0.3 is 14.5 Å². The third kappa shape index (κ3) is 3.11. The van der Waals surface area contributed by atoms with Gasteiger partial charge >= 0.3 is 23.3 Å². The maximum absolute atomic E-state index is 12.2. The predicted molar refractivity (Wildman–Crippen MR) is 83.6 cm³/mol. The highest BCUT2D eigenvalue weighted by Crippen LogP contribution is 2.45. The van der Waals surface area contributed by atoms with Gasteiger partial charge in [0.1, 0.15) is 0 Å². The molecule has 11 heteroatoms. The summed E-state index contributed by atoms with van der Waals surface area (Å²) in [5, 5.41) is 22.6. The van der Waals surface area contributed by atoms with Crippen LogP contribution >= 0.6 is 0 Å². The van der Waals surface area contributed by atoms with Gasteiger partial charge in [0.05, 0.1) is 32.9 Å². The van der Waals surface area contributed by atoms with Gasteiger partial charge in [-0.2, -0.15) is 0 Å². The molecule has 2 rings (SSSR count). The van der Waals surface area contributed by atoms with E-state index in [1.807, 2.05) is 0 Å². The van der Waals surface area contributed by atoms with Gasteiger partial charge in [0.2, 0.25) is 0 Å². The smallest absolute Gasteiger partial charge is 0.340 e. The number of aromatic nitrogens is 1. The number of H-pyrrole nitrogens is 1. The van der Waals surface area contributed by atoms with E-state index in [1.54, 1.807) is 6.92 Å². The molecule has 0 spiro atoms. The molecule has 0 atom stereocenters. The Bertz CT molecular complexity index is 915. The van der Waals surface area contributed by atoms with Crippen molar-refractivity contribution in [1.29, 1.82) is 0 Å². The molecule has 0 amide bonds. The fourth-order valence-electron chi connectivity index (χ4n) is 2.45. The van der Waals surface area contributed by atoms with Crippen molar-refractivity contribution in [3.8, 4) is 5.75 Å². The predicted octanol–water partition coefficient (Wildman–Crippen LogP) is 2.39. The van der Waals surface area contributed by atoms with E-state index in [-0.39, 0.29) is 28.8 Å². The summed E-state index contributed by atoms with van der Waals surface area (Å²) in [6, 6.07) is 0.969. The van der Waals surface area contributed by atoms with Crippen molar-refractivity contribution in [3.63, 3.8) is 0 Å². The summed E-state index contributed by atoms with van der Waals surface area (Å²) < 4.78 is 9.61. The van der Waals surface area contributed by atoms with Crippen LogP contribution in [0.1, 0.15) is 29.9 Å². The van der Waals surface area contributed by atoms with E-state index in [2.05, 4.69) is 4.98 Å². The molecule has 0 aliphatic heterocycles. The van der Waals surface area contributed by atoms with E-state index < -0.39 is 38.9 Å². The first kappa shape index (κ1) is 17.8. The van der Waals surface area contributed by atoms with Crippen molar-refractivity contribution in [2.45, 2.75) is 20.8 Å². The maximum Gasteiger partial charge on any atom is 0.340 e. The summed E-state index contributed by atoms with van der Waals surface area (Å²) >= 11 is 0. The minimum Gasteiger partial charge on any atom is -0.462 e. The van der Waals surface area contributed by atoms with Gasteiger partial charge in [-0.15, -0.1) is 0 Å². The lowest BCUT2D eigenvalue weighted by Crippen LogP contribution is -2.09. The molecule has 0 radical (unpaired) electrons. The minimum atomic E-state index is -0.976. The van der Waals surface area contributed by atoms with Crippen molar-refractivity contribution in [2.24, 2.45) is 0 Å². The average Bonchev–Trinajstić information content (AvgIpc) is 2.81. The molecular formula is C14H13N3O8. The quantitative estimate of drug-likeness (QED) is 0.372. The SMILES string of the molecule is CCOC(=O)c1c(C)[nH]c2cc([N+](=O)[O-])c(OC(C)=O)c([N+](=O)[O-])c12. The molecule has 2 aromatic rings. The molecule has 11 nitrogen and oxygen atoms in total. The first-order chi connectivity index (χ1) is 11.7. The molecular weight excluding hydrogens is 338 g/mol. The largest absolute Gasteiger partial charge is 0.462 e. The molecule has 0 saturated carbocycles. The zero-order chi connectivity index (χ0) is 18.9. The molecule has 0 aliphatic carbocycles. The molecule has 0 fully saturated rings. The molecule has 0 bridgehead atoms. The Labute approximate surface area is 139 Å². The van der Waals surface area contributed by atoms with E-state index in [0.29, 0.717) is 0 Å². The van der Waals surface area contributed by atoms with Gasteiger partial charge in [0, 0.05) is 18.7 Å². The second-order valence-corrected chi connectivity index (χ2v) is 4.95. The zero-order valence-electron chi connectivity index (χ0n) is 13.4. The number of nitro benzene ring substituents is 2. The molecule has 1 N–H and O–H groups in total.